The van der Waals surface area contributed by atoms with Crippen LogP contribution in [0.5, 0.6) is 5.88 Å². The van der Waals surface area contributed by atoms with Gasteiger partial charge in [-0.1, -0.05) is 0 Å². The average molecular weight is 286 g/mol. The molecular weight excluding hydrogens is 282 g/mol. The predicted molar refractivity (Wildman–Crippen MR) is 48.1 cm³/mol. The molecule has 10 heteroatoms. The summed E-state index contributed by atoms with van der Waals surface area (Å²) in [5.74, 6) is -1.21. The third kappa shape index (κ3) is 3.90. The molecule has 0 amide bonds. The lowest BCUT2D eigenvalue weighted by Gasteiger charge is -2.13. The molecule has 0 aromatic carbocycles. The number of hydrogen-bond donors (Lipinski definition) is 1. The van der Waals surface area contributed by atoms with Gasteiger partial charge in [0.1, 0.15) is 5.56 Å². The first kappa shape index (κ1) is 14.9. The Morgan fingerprint density at radius 2 is 1.84 bits per heavy atom. The molecule has 0 aliphatic rings. The van der Waals surface area contributed by atoms with Gasteiger partial charge in [-0.05, 0) is 5.56 Å². The molecule has 0 atom stereocenters. The second-order valence-corrected chi connectivity index (χ2v) is 3.24. The van der Waals surface area contributed by atoms with Crippen LogP contribution in [0.4, 0.5) is 26.3 Å². The number of nitrogens with zero attached hydrogens (tertiary/aromatic N) is 1. The van der Waals surface area contributed by atoms with Gasteiger partial charge in [0, 0.05) is 6.07 Å². The Hall–Kier alpha value is -2.18. The molecule has 0 aliphatic heterocycles. The molecule has 0 fully saturated rings. The monoisotopic (exact) mass is 286 g/mol. The summed E-state index contributed by atoms with van der Waals surface area (Å²) in [6.45, 7) is 0. The minimum Gasteiger partial charge on any atom is -0.390 e. The van der Waals surface area contributed by atoms with E-state index < -0.39 is 41.5 Å². The van der Waals surface area contributed by atoms with Crippen molar-refractivity contribution >= 4 is 0 Å². The molecule has 1 N–H and O–H groups in total. The van der Waals surface area contributed by atoms with Crippen LogP contribution in [0.1, 0.15) is 11.1 Å². The van der Waals surface area contributed by atoms with Gasteiger partial charge in [-0.25, -0.2) is 0 Å². The Labute approximate surface area is 101 Å². The van der Waals surface area contributed by atoms with Crippen molar-refractivity contribution in [1.82, 2.24) is 4.98 Å². The normalized spacial score (nSPS) is 12.1. The zero-order valence-electron chi connectivity index (χ0n) is 8.82. The fraction of sp³-hybridized carbons (Fsp3) is 0.333. The van der Waals surface area contributed by atoms with Crippen molar-refractivity contribution < 1.29 is 31.1 Å². The first-order valence-electron chi connectivity index (χ1n) is 4.50. The third-order valence-electron chi connectivity index (χ3n) is 1.87. The van der Waals surface area contributed by atoms with Gasteiger partial charge in [-0.3, -0.25) is 9.78 Å². The van der Waals surface area contributed by atoms with Gasteiger partial charge in [-0.2, -0.15) is 18.4 Å². The number of nitriles is 1. The number of hydrogen-bond acceptors (Lipinski definition) is 3. The topological polar surface area (TPSA) is 65.9 Å². The van der Waals surface area contributed by atoms with Crippen molar-refractivity contribution in [2.45, 2.75) is 19.0 Å². The van der Waals surface area contributed by atoms with Crippen LogP contribution in [0, 0.1) is 11.3 Å². The molecule has 1 heterocycles. The first-order valence-corrected chi connectivity index (χ1v) is 4.50. The SMILES string of the molecule is N#CCc1cc(OC(F)(F)F)[nH]c(=O)c1C(F)(F)F. The lowest BCUT2D eigenvalue weighted by molar-refractivity contribution is -0.276. The molecule has 1 aromatic heterocycles. The second-order valence-electron chi connectivity index (χ2n) is 3.24. The number of aromatic nitrogens is 1. The summed E-state index contributed by atoms with van der Waals surface area (Å²) in [4.78, 5) is 12.4. The van der Waals surface area contributed by atoms with E-state index in [4.69, 9.17) is 5.26 Å². The number of nitrogens with one attached hydrogen (secondary N) is 1. The number of halogens is 6. The molecular formula is C9H4F6N2O2. The van der Waals surface area contributed by atoms with Gasteiger partial charge in [0.05, 0.1) is 12.5 Å². The van der Waals surface area contributed by atoms with E-state index in [9.17, 15) is 31.1 Å². The van der Waals surface area contributed by atoms with E-state index in [0.29, 0.717) is 6.07 Å². The molecule has 0 aliphatic carbocycles. The fourth-order valence-electron chi connectivity index (χ4n) is 1.30. The molecule has 4 nitrogen and oxygen atoms in total. The van der Waals surface area contributed by atoms with E-state index in [2.05, 4.69) is 4.74 Å². The molecule has 1 aromatic rings. The van der Waals surface area contributed by atoms with Crippen LogP contribution in [0.2, 0.25) is 0 Å². The minimum absolute atomic E-state index is 0.320. The molecule has 0 bridgehead atoms. The number of ether oxygens (including phenoxy) is 1. The molecule has 0 radical (unpaired) electrons. The summed E-state index contributed by atoms with van der Waals surface area (Å²) in [5.41, 5.74) is -4.42. The summed E-state index contributed by atoms with van der Waals surface area (Å²) >= 11 is 0. The molecule has 104 valence electrons. The predicted octanol–water partition coefficient (Wildman–Crippen LogP) is 2.36. The van der Waals surface area contributed by atoms with Crippen LogP contribution in [0.3, 0.4) is 0 Å². The van der Waals surface area contributed by atoms with Crippen LogP contribution in [0.15, 0.2) is 10.9 Å². The number of alkyl halides is 6. The summed E-state index contributed by atoms with van der Waals surface area (Å²) in [5, 5.41) is 8.33. The smallest absolute Gasteiger partial charge is 0.390 e. The molecule has 1 rings (SSSR count). The van der Waals surface area contributed by atoms with E-state index >= 15 is 0 Å². The van der Waals surface area contributed by atoms with Gasteiger partial charge >= 0.3 is 12.5 Å². The van der Waals surface area contributed by atoms with Gasteiger partial charge in [0.15, 0.2) is 0 Å². The number of pyridine rings is 1. The quantitative estimate of drug-likeness (QED) is 0.849. The summed E-state index contributed by atoms with van der Waals surface area (Å²) in [7, 11) is 0. The molecule has 0 unspecified atom stereocenters. The summed E-state index contributed by atoms with van der Waals surface area (Å²) in [6, 6.07) is 1.64. The zero-order chi connectivity index (χ0) is 14.8. The Morgan fingerprint density at radius 3 is 2.26 bits per heavy atom. The van der Waals surface area contributed by atoms with Crippen molar-refractivity contribution in [3.63, 3.8) is 0 Å². The molecule has 0 saturated carbocycles. The van der Waals surface area contributed by atoms with Gasteiger partial charge in [0.25, 0.3) is 5.56 Å². The average Bonchev–Trinajstić information content (AvgIpc) is 2.11. The van der Waals surface area contributed by atoms with E-state index in [1.54, 1.807) is 0 Å². The Bertz CT molecular complexity index is 566. The molecule has 0 saturated heterocycles. The summed E-state index contributed by atoms with van der Waals surface area (Å²) < 4.78 is 76.5. The van der Waals surface area contributed by atoms with Crippen molar-refractivity contribution in [2.75, 3.05) is 0 Å². The minimum atomic E-state index is -5.17. The Morgan fingerprint density at radius 1 is 1.26 bits per heavy atom. The maximum Gasteiger partial charge on any atom is 0.574 e. The van der Waals surface area contributed by atoms with Crippen LogP contribution < -0.4 is 10.3 Å². The maximum atomic E-state index is 12.5. The third-order valence-corrected chi connectivity index (χ3v) is 1.87. The van der Waals surface area contributed by atoms with E-state index in [1.165, 1.54) is 11.1 Å². The van der Waals surface area contributed by atoms with Gasteiger partial charge in [-0.15, -0.1) is 13.2 Å². The van der Waals surface area contributed by atoms with Crippen LogP contribution in [-0.4, -0.2) is 11.3 Å². The highest BCUT2D eigenvalue weighted by atomic mass is 19.4. The van der Waals surface area contributed by atoms with E-state index in [1.807, 2.05) is 0 Å². The zero-order valence-corrected chi connectivity index (χ0v) is 8.82. The Balaban J connectivity index is 3.39. The lowest BCUT2D eigenvalue weighted by Crippen LogP contribution is -2.26. The largest absolute Gasteiger partial charge is 0.574 e. The van der Waals surface area contributed by atoms with Gasteiger partial charge < -0.3 is 4.74 Å². The maximum absolute atomic E-state index is 12.5. The van der Waals surface area contributed by atoms with Crippen molar-refractivity contribution in [3.05, 3.63) is 27.5 Å². The van der Waals surface area contributed by atoms with Crippen LogP contribution in [-0.2, 0) is 12.6 Å². The molecule has 19 heavy (non-hydrogen) atoms. The molecule has 0 spiro atoms. The lowest BCUT2D eigenvalue weighted by atomic mass is 10.1. The fourth-order valence-corrected chi connectivity index (χ4v) is 1.30. The van der Waals surface area contributed by atoms with E-state index in [0.717, 1.165) is 0 Å². The second kappa shape index (κ2) is 4.83. The first-order chi connectivity index (χ1) is 8.54. The number of rotatable bonds is 2. The van der Waals surface area contributed by atoms with Crippen molar-refractivity contribution in [1.29, 1.82) is 5.26 Å². The van der Waals surface area contributed by atoms with Crippen LogP contribution >= 0.6 is 0 Å². The highest BCUT2D eigenvalue weighted by Gasteiger charge is 2.38. The van der Waals surface area contributed by atoms with Gasteiger partial charge in [0.2, 0.25) is 5.88 Å². The Kier molecular flexibility index (Phi) is 3.78. The number of aromatic amines is 1. The summed E-state index contributed by atoms with van der Waals surface area (Å²) in [6.07, 6.45) is -11.1. The number of H-pyrrole nitrogens is 1. The standard InChI is InChI=1S/C9H4F6N2O2/c10-8(11,12)6-4(1-2-16)3-5(17-7(6)18)19-9(13,14)15/h3H,1H2,(H,17,18). The van der Waals surface area contributed by atoms with Crippen molar-refractivity contribution in [3.8, 4) is 11.9 Å². The highest BCUT2D eigenvalue weighted by Crippen LogP contribution is 2.31. The van der Waals surface area contributed by atoms with E-state index in [-0.39, 0.29) is 0 Å². The van der Waals surface area contributed by atoms with Crippen molar-refractivity contribution in [2.24, 2.45) is 0 Å². The van der Waals surface area contributed by atoms with Crippen LogP contribution in [0.25, 0.3) is 0 Å². The highest BCUT2D eigenvalue weighted by molar-refractivity contribution is 5.33.